The lowest BCUT2D eigenvalue weighted by Crippen LogP contribution is -2.45. The first-order valence-electron chi connectivity index (χ1n) is 12.9. The fraction of sp³-hybridized carbons (Fsp3) is 0.885. The molecule has 5 heteroatoms. The van der Waals surface area contributed by atoms with E-state index in [9.17, 15) is 9.90 Å². The number of rotatable bonds is 14. The van der Waals surface area contributed by atoms with Crippen LogP contribution in [0.3, 0.4) is 0 Å². The highest BCUT2D eigenvalue weighted by Crippen LogP contribution is 2.47. The first-order chi connectivity index (χ1) is 15.0. The zero-order chi connectivity index (χ0) is 22.1. The van der Waals surface area contributed by atoms with Crippen LogP contribution in [0.2, 0.25) is 0 Å². The minimum absolute atomic E-state index is 0.258. The Morgan fingerprint density at radius 3 is 2.52 bits per heavy atom. The van der Waals surface area contributed by atoms with E-state index in [4.69, 9.17) is 9.84 Å². The van der Waals surface area contributed by atoms with Gasteiger partial charge in [-0.2, -0.15) is 0 Å². The molecule has 2 bridgehead atoms. The largest absolute Gasteiger partial charge is 0.481 e. The maximum absolute atomic E-state index is 10.8. The van der Waals surface area contributed by atoms with Gasteiger partial charge in [0.15, 0.2) is 0 Å². The number of carbonyl (C=O) groups is 1. The van der Waals surface area contributed by atoms with E-state index in [1.165, 1.54) is 57.8 Å². The smallest absolute Gasteiger partial charge is 0.303 e. The van der Waals surface area contributed by atoms with E-state index in [-0.39, 0.29) is 6.42 Å². The lowest BCUT2D eigenvalue weighted by Gasteiger charge is -2.35. The average Bonchev–Trinajstić information content (AvgIpc) is 3.35. The lowest BCUT2D eigenvalue weighted by molar-refractivity contribution is -0.137. The molecule has 0 aromatic rings. The summed E-state index contributed by atoms with van der Waals surface area (Å²) in [5.41, 5.74) is -0.569. The minimum atomic E-state index is -0.706. The third kappa shape index (κ3) is 7.57. The van der Waals surface area contributed by atoms with Crippen LogP contribution in [0.4, 0.5) is 0 Å². The van der Waals surface area contributed by atoms with Crippen molar-refractivity contribution in [3.05, 3.63) is 12.2 Å². The monoisotopic (exact) mass is 435 g/mol. The molecule has 3 N–H and O–H groups in total. The Kier molecular flexibility index (Phi) is 9.86. The van der Waals surface area contributed by atoms with Crippen molar-refractivity contribution in [2.75, 3.05) is 13.1 Å². The van der Waals surface area contributed by atoms with Gasteiger partial charge < -0.3 is 20.3 Å². The molecule has 2 heterocycles. The summed E-state index contributed by atoms with van der Waals surface area (Å²) in [6.45, 7) is 3.71. The molecule has 178 valence electrons. The van der Waals surface area contributed by atoms with Crippen molar-refractivity contribution >= 4 is 5.97 Å². The van der Waals surface area contributed by atoms with Gasteiger partial charge >= 0.3 is 5.97 Å². The molecule has 1 unspecified atom stereocenters. The Bertz CT molecular complexity index is 570. The summed E-state index contributed by atoms with van der Waals surface area (Å²) in [6.07, 6.45) is 20.5. The van der Waals surface area contributed by atoms with Gasteiger partial charge in [0.2, 0.25) is 0 Å². The van der Waals surface area contributed by atoms with Gasteiger partial charge in [0.25, 0.3) is 0 Å². The number of aliphatic carboxylic acids is 1. The molecule has 3 fully saturated rings. The van der Waals surface area contributed by atoms with Gasteiger partial charge in [0, 0.05) is 13.0 Å². The molecular weight excluding hydrogens is 390 g/mol. The molecule has 0 aromatic heterocycles. The Morgan fingerprint density at radius 2 is 1.77 bits per heavy atom. The molecule has 3 rings (SSSR count). The number of hydrogen-bond donors (Lipinski definition) is 3. The molecule has 1 aliphatic carbocycles. The number of aliphatic hydroxyl groups is 1. The number of allylic oxidation sites excluding steroid dienone is 2. The van der Waals surface area contributed by atoms with Crippen molar-refractivity contribution in [2.24, 2.45) is 17.8 Å². The van der Waals surface area contributed by atoms with Crippen LogP contribution in [-0.2, 0) is 9.53 Å². The summed E-state index contributed by atoms with van der Waals surface area (Å²) in [4.78, 5) is 10.6. The minimum Gasteiger partial charge on any atom is -0.481 e. The molecule has 1 saturated carbocycles. The van der Waals surface area contributed by atoms with E-state index in [0.717, 1.165) is 32.2 Å². The van der Waals surface area contributed by atoms with Crippen LogP contribution < -0.4 is 5.32 Å². The summed E-state index contributed by atoms with van der Waals surface area (Å²) in [5, 5.41) is 23.1. The average molecular weight is 436 g/mol. The van der Waals surface area contributed by atoms with Crippen molar-refractivity contribution in [3.63, 3.8) is 0 Å². The molecule has 31 heavy (non-hydrogen) atoms. The summed E-state index contributed by atoms with van der Waals surface area (Å²) in [5.74, 6) is 1.06. The predicted molar refractivity (Wildman–Crippen MR) is 124 cm³/mol. The Labute approximate surface area is 189 Å². The van der Waals surface area contributed by atoms with Gasteiger partial charge in [0.1, 0.15) is 0 Å². The van der Waals surface area contributed by atoms with E-state index in [1.54, 1.807) is 0 Å². The number of nitrogens with one attached hydrogen (secondary N) is 1. The van der Waals surface area contributed by atoms with E-state index < -0.39 is 11.6 Å². The first kappa shape index (κ1) is 24.7. The van der Waals surface area contributed by atoms with Gasteiger partial charge in [-0.05, 0) is 89.0 Å². The first-order valence-corrected chi connectivity index (χ1v) is 12.9. The van der Waals surface area contributed by atoms with Gasteiger partial charge in [-0.25, -0.2) is 0 Å². The Morgan fingerprint density at radius 1 is 1.03 bits per heavy atom. The van der Waals surface area contributed by atoms with Gasteiger partial charge in [-0.15, -0.1) is 0 Å². The highest BCUT2D eigenvalue weighted by Gasteiger charge is 2.47. The van der Waals surface area contributed by atoms with E-state index in [1.807, 2.05) is 6.92 Å². The van der Waals surface area contributed by atoms with Crippen LogP contribution in [0.1, 0.15) is 96.8 Å². The summed E-state index contributed by atoms with van der Waals surface area (Å²) >= 11 is 0. The normalized spacial score (nSPS) is 30.8. The van der Waals surface area contributed by atoms with Crippen LogP contribution in [0.15, 0.2) is 12.2 Å². The van der Waals surface area contributed by atoms with Crippen LogP contribution in [0.5, 0.6) is 0 Å². The summed E-state index contributed by atoms with van der Waals surface area (Å²) < 4.78 is 6.24. The number of ether oxygens (including phenoxy) is 1. The van der Waals surface area contributed by atoms with E-state index in [2.05, 4.69) is 17.5 Å². The second-order valence-corrected chi connectivity index (χ2v) is 10.5. The molecule has 0 radical (unpaired) electrons. The second kappa shape index (κ2) is 12.4. The number of hydrogen-bond acceptors (Lipinski definition) is 4. The molecule has 0 aromatic carbocycles. The third-order valence-corrected chi connectivity index (χ3v) is 8.04. The van der Waals surface area contributed by atoms with Gasteiger partial charge in [-0.3, -0.25) is 4.79 Å². The number of carboxylic acid groups (broad SMARTS) is 1. The van der Waals surface area contributed by atoms with Crippen molar-refractivity contribution < 1.29 is 19.7 Å². The third-order valence-electron chi connectivity index (χ3n) is 8.04. The molecular formula is C26H45NO4. The SMILES string of the molecule is CC(O)(CNCCCC[C@H]1[C@@H](C/C=C\CCCC(=O)O)[C@H]2CC[C@@H]1O2)C1CCCCC1. The topological polar surface area (TPSA) is 78.8 Å². The van der Waals surface area contributed by atoms with Crippen LogP contribution in [-0.4, -0.2) is 47.1 Å². The molecule has 5 atom stereocenters. The Hall–Kier alpha value is -0.910. The molecule has 3 aliphatic rings. The molecule has 0 amide bonds. The van der Waals surface area contributed by atoms with E-state index >= 15 is 0 Å². The standard InChI is InChI=1S/C26H45NO4/c1-26(30,20-11-5-4-6-12-20)19-27-18-10-9-14-22-21(23-16-17-24(22)31-23)13-7-2-3-8-15-25(28)29/h2,7,20-24,27,30H,3-6,8-19H2,1H3,(H,28,29)/b7-2-/t21-,22+,23-,24+,26?/m1/s1. The van der Waals surface area contributed by atoms with Crippen molar-refractivity contribution in [1.29, 1.82) is 0 Å². The van der Waals surface area contributed by atoms with Crippen molar-refractivity contribution in [2.45, 2.75) is 115 Å². The molecule has 0 spiro atoms. The number of carboxylic acids is 1. The predicted octanol–water partition coefficient (Wildman–Crippen LogP) is 5.07. The summed E-state index contributed by atoms with van der Waals surface area (Å²) in [7, 11) is 0. The van der Waals surface area contributed by atoms with Crippen molar-refractivity contribution in [1.82, 2.24) is 5.32 Å². The number of unbranched alkanes of at least 4 members (excludes halogenated alkanes) is 2. The van der Waals surface area contributed by atoms with Crippen LogP contribution >= 0.6 is 0 Å². The quantitative estimate of drug-likeness (QED) is 0.262. The maximum atomic E-state index is 10.8. The highest BCUT2D eigenvalue weighted by atomic mass is 16.5. The van der Waals surface area contributed by atoms with E-state index in [0.29, 0.717) is 36.5 Å². The van der Waals surface area contributed by atoms with Crippen molar-refractivity contribution in [3.8, 4) is 0 Å². The second-order valence-electron chi connectivity index (χ2n) is 10.5. The molecule has 2 saturated heterocycles. The van der Waals surface area contributed by atoms with Crippen LogP contribution in [0, 0.1) is 17.8 Å². The van der Waals surface area contributed by atoms with Crippen LogP contribution in [0.25, 0.3) is 0 Å². The zero-order valence-electron chi connectivity index (χ0n) is 19.6. The molecule has 2 aliphatic heterocycles. The fourth-order valence-electron chi connectivity index (χ4n) is 6.18. The Balaban J connectivity index is 1.30. The van der Waals surface area contributed by atoms with Gasteiger partial charge in [0.05, 0.1) is 17.8 Å². The van der Waals surface area contributed by atoms with Gasteiger partial charge in [-0.1, -0.05) is 37.8 Å². The highest BCUT2D eigenvalue weighted by molar-refractivity contribution is 5.66. The fourth-order valence-corrected chi connectivity index (χ4v) is 6.18. The summed E-state index contributed by atoms with van der Waals surface area (Å²) in [6, 6.07) is 0. The molecule has 5 nitrogen and oxygen atoms in total. The maximum Gasteiger partial charge on any atom is 0.303 e. The zero-order valence-corrected chi connectivity index (χ0v) is 19.6. The number of fused-ring (bicyclic) bond motifs is 2. The lowest BCUT2D eigenvalue weighted by atomic mass is 9.75.